The topological polar surface area (TPSA) is 67.4 Å². The molecule has 1 aromatic carbocycles. The van der Waals surface area contributed by atoms with Crippen molar-refractivity contribution < 1.29 is 14.3 Å². The Hall–Kier alpha value is -1.96. The third kappa shape index (κ3) is 5.02. The highest BCUT2D eigenvalue weighted by molar-refractivity contribution is 7.80. The van der Waals surface area contributed by atoms with Gasteiger partial charge in [-0.2, -0.15) is 0 Å². The van der Waals surface area contributed by atoms with E-state index in [1.807, 2.05) is 0 Å². The highest BCUT2D eigenvalue weighted by Gasteiger charge is 2.15. The molecule has 0 atom stereocenters. The van der Waals surface area contributed by atoms with E-state index in [1.165, 1.54) is 17.4 Å². The Labute approximate surface area is 154 Å². The van der Waals surface area contributed by atoms with Gasteiger partial charge in [0.2, 0.25) is 0 Å². The van der Waals surface area contributed by atoms with Gasteiger partial charge in [-0.05, 0) is 55.7 Å². The third-order valence-electron chi connectivity index (χ3n) is 2.76. The molecule has 2 rings (SSSR count). The van der Waals surface area contributed by atoms with Crippen molar-refractivity contribution in [2.24, 2.45) is 0 Å². The molecule has 0 saturated heterocycles. The van der Waals surface area contributed by atoms with E-state index >= 15 is 0 Å². The molecule has 5 nitrogen and oxygen atoms in total. The zero-order chi connectivity index (χ0) is 17.7. The number of benzene rings is 1. The van der Waals surface area contributed by atoms with E-state index in [9.17, 15) is 9.59 Å². The van der Waals surface area contributed by atoms with Crippen molar-refractivity contribution >= 4 is 57.8 Å². The van der Waals surface area contributed by atoms with Gasteiger partial charge in [-0.1, -0.05) is 17.7 Å². The SMILES string of the molecule is CC(C)OC(=O)c1cc(NC(=S)NC(=O)c2cccs2)ccc1Cl. The van der Waals surface area contributed by atoms with Gasteiger partial charge in [0, 0.05) is 5.69 Å². The standard InChI is InChI=1S/C16H15ClN2O3S2/c1-9(2)22-15(21)11-8-10(5-6-12(11)17)18-16(23)19-14(20)13-4-3-7-24-13/h3-9H,1-2H3,(H2,18,19,20,23). The van der Waals surface area contributed by atoms with E-state index in [0.717, 1.165) is 0 Å². The Kier molecular flexibility index (Phi) is 6.30. The molecule has 0 aliphatic rings. The number of rotatable bonds is 4. The van der Waals surface area contributed by atoms with Crippen LogP contribution in [0.15, 0.2) is 35.7 Å². The van der Waals surface area contributed by atoms with E-state index in [-0.39, 0.29) is 27.7 Å². The maximum Gasteiger partial charge on any atom is 0.339 e. The molecule has 1 heterocycles. The van der Waals surface area contributed by atoms with Crippen LogP contribution in [0.3, 0.4) is 0 Å². The van der Waals surface area contributed by atoms with Gasteiger partial charge in [-0.3, -0.25) is 10.1 Å². The van der Waals surface area contributed by atoms with Crippen molar-refractivity contribution in [2.75, 3.05) is 5.32 Å². The minimum Gasteiger partial charge on any atom is -0.459 e. The van der Waals surface area contributed by atoms with Crippen molar-refractivity contribution in [1.29, 1.82) is 0 Å². The van der Waals surface area contributed by atoms with Crippen LogP contribution in [-0.2, 0) is 4.74 Å². The molecule has 0 radical (unpaired) electrons. The molecule has 1 amide bonds. The summed E-state index contributed by atoms with van der Waals surface area (Å²) in [4.78, 5) is 24.5. The average molecular weight is 383 g/mol. The van der Waals surface area contributed by atoms with Gasteiger partial charge >= 0.3 is 5.97 Å². The Morgan fingerprint density at radius 1 is 1.29 bits per heavy atom. The van der Waals surface area contributed by atoms with Crippen LogP contribution in [0, 0.1) is 0 Å². The van der Waals surface area contributed by atoms with Crippen LogP contribution in [0.4, 0.5) is 5.69 Å². The molecule has 8 heteroatoms. The summed E-state index contributed by atoms with van der Waals surface area (Å²) in [6.07, 6.45) is -0.253. The van der Waals surface area contributed by atoms with Gasteiger partial charge in [0.1, 0.15) is 0 Å². The number of thiocarbonyl (C=S) groups is 1. The normalized spacial score (nSPS) is 10.3. The Bertz CT molecular complexity index is 761. The lowest BCUT2D eigenvalue weighted by molar-refractivity contribution is 0.0378. The predicted octanol–water partition coefficient (Wildman–Crippen LogP) is 4.09. The maximum atomic E-state index is 12.0. The van der Waals surface area contributed by atoms with E-state index in [4.69, 9.17) is 28.6 Å². The second kappa shape index (κ2) is 8.23. The number of carbonyl (C=O) groups excluding carboxylic acids is 2. The van der Waals surface area contributed by atoms with Gasteiger partial charge in [-0.25, -0.2) is 4.79 Å². The molecule has 0 spiro atoms. The number of thiophene rings is 1. The summed E-state index contributed by atoms with van der Waals surface area (Å²) in [6.45, 7) is 3.51. The van der Waals surface area contributed by atoms with E-state index in [1.54, 1.807) is 43.5 Å². The van der Waals surface area contributed by atoms with Gasteiger partial charge in [-0.15, -0.1) is 11.3 Å². The fourth-order valence-corrected chi connectivity index (χ4v) is 2.80. The van der Waals surface area contributed by atoms with Crippen molar-refractivity contribution in [1.82, 2.24) is 5.32 Å². The molecule has 2 N–H and O–H groups in total. The van der Waals surface area contributed by atoms with Crippen LogP contribution in [0.25, 0.3) is 0 Å². The number of halogens is 1. The van der Waals surface area contributed by atoms with Crippen LogP contribution in [0.1, 0.15) is 33.9 Å². The highest BCUT2D eigenvalue weighted by atomic mass is 35.5. The lowest BCUT2D eigenvalue weighted by Gasteiger charge is -2.12. The van der Waals surface area contributed by atoms with Gasteiger partial charge in [0.25, 0.3) is 5.91 Å². The summed E-state index contributed by atoms with van der Waals surface area (Å²) in [5.41, 5.74) is 0.745. The van der Waals surface area contributed by atoms with Crippen LogP contribution in [0.5, 0.6) is 0 Å². The molecule has 0 aliphatic carbocycles. The molecule has 0 fully saturated rings. The second-order valence-electron chi connectivity index (χ2n) is 5.03. The minimum absolute atomic E-state index is 0.124. The van der Waals surface area contributed by atoms with Crippen LogP contribution in [0.2, 0.25) is 5.02 Å². The number of hydrogen-bond donors (Lipinski definition) is 2. The zero-order valence-corrected chi connectivity index (χ0v) is 15.3. The first-order chi connectivity index (χ1) is 11.4. The summed E-state index contributed by atoms with van der Waals surface area (Å²) in [7, 11) is 0. The van der Waals surface area contributed by atoms with Crippen molar-refractivity contribution in [3.05, 3.63) is 51.2 Å². The van der Waals surface area contributed by atoms with E-state index < -0.39 is 5.97 Å². The fraction of sp³-hybridized carbons (Fsp3) is 0.188. The number of ether oxygens (including phenoxy) is 1. The first-order valence-corrected chi connectivity index (χ1v) is 8.69. The highest BCUT2D eigenvalue weighted by Crippen LogP contribution is 2.22. The largest absolute Gasteiger partial charge is 0.459 e. The first kappa shape index (κ1) is 18.4. The van der Waals surface area contributed by atoms with Crippen LogP contribution >= 0.6 is 35.2 Å². The number of amides is 1. The number of nitrogens with one attached hydrogen (secondary N) is 2. The van der Waals surface area contributed by atoms with Crippen molar-refractivity contribution in [2.45, 2.75) is 20.0 Å². The molecule has 2 aromatic rings. The number of anilines is 1. The summed E-state index contributed by atoms with van der Waals surface area (Å²) in [5, 5.41) is 7.62. The predicted molar refractivity (Wildman–Crippen MR) is 100 cm³/mol. The van der Waals surface area contributed by atoms with Gasteiger partial charge in [0.15, 0.2) is 5.11 Å². The molecule has 0 unspecified atom stereocenters. The van der Waals surface area contributed by atoms with E-state index in [0.29, 0.717) is 10.6 Å². The molecule has 126 valence electrons. The Morgan fingerprint density at radius 3 is 2.67 bits per heavy atom. The van der Waals surface area contributed by atoms with Crippen LogP contribution in [-0.4, -0.2) is 23.1 Å². The van der Waals surface area contributed by atoms with Crippen molar-refractivity contribution in [3.8, 4) is 0 Å². The molecule has 0 saturated carbocycles. The molecule has 0 bridgehead atoms. The Balaban J connectivity index is 2.05. The maximum absolute atomic E-state index is 12.0. The quantitative estimate of drug-likeness (QED) is 0.615. The lowest BCUT2D eigenvalue weighted by atomic mass is 10.2. The molecule has 24 heavy (non-hydrogen) atoms. The van der Waals surface area contributed by atoms with Gasteiger partial charge in [0.05, 0.1) is 21.6 Å². The molecule has 0 aliphatic heterocycles. The zero-order valence-electron chi connectivity index (χ0n) is 13.0. The second-order valence-corrected chi connectivity index (χ2v) is 6.80. The summed E-state index contributed by atoms with van der Waals surface area (Å²) in [5.74, 6) is -0.817. The Morgan fingerprint density at radius 2 is 2.04 bits per heavy atom. The molecular formula is C16H15ClN2O3S2. The summed E-state index contributed by atoms with van der Waals surface area (Å²) >= 11 is 12.5. The molecular weight excluding hydrogens is 368 g/mol. The monoisotopic (exact) mass is 382 g/mol. The fourth-order valence-electron chi connectivity index (χ4n) is 1.77. The van der Waals surface area contributed by atoms with Crippen LogP contribution < -0.4 is 10.6 Å². The molecule has 1 aromatic heterocycles. The van der Waals surface area contributed by atoms with E-state index in [2.05, 4.69) is 10.6 Å². The van der Waals surface area contributed by atoms with Gasteiger partial charge < -0.3 is 10.1 Å². The van der Waals surface area contributed by atoms with Crippen molar-refractivity contribution in [3.63, 3.8) is 0 Å². The smallest absolute Gasteiger partial charge is 0.339 e. The number of hydrogen-bond acceptors (Lipinski definition) is 5. The third-order valence-corrected chi connectivity index (χ3v) is 4.16. The summed E-state index contributed by atoms with van der Waals surface area (Å²) < 4.78 is 5.14. The summed E-state index contributed by atoms with van der Waals surface area (Å²) in [6, 6.07) is 8.21. The minimum atomic E-state index is -0.521. The average Bonchev–Trinajstić information content (AvgIpc) is 3.02. The number of esters is 1. The first-order valence-electron chi connectivity index (χ1n) is 7.03. The number of carbonyl (C=O) groups is 2. The lowest BCUT2D eigenvalue weighted by Crippen LogP contribution is -2.33.